The summed E-state index contributed by atoms with van der Waals surface area (Å²) in [5, 5.41) is 11.3. The first-order valence-electron chi connectivity index (χ1n) is 6.96. The van der Waals surface area contributed by atoms with E-state index in [-0.39, 0.29) is 19.3 Å². The monoisotopic (exact) mass is 348 g/mol. The number of primary amides is 1. The number of hydrogen-bond acceptors (Lipinski definition) is 7. The van der Waals surface area contributed by atoms with Crippen molar-refractivity contribution in [1.29, 1.82) is 0 Å². The van der Waals surface area contributed by atoms with Crippen LogP contribution in [0.1, 0.15) is 26.2 Å². The molecule has 0 aromatic rings. The lowest BCUT2D eigenvalue weighted by molar-refractivity contribution is -0.145. The molecule has 9 nitrogen and oxygen atoms in total. The molecule has 3 atom stereocenters. The smallest absolute Gasteiger partial charge is 0.326 e. The van der Waals surface area contributed by atoms with Gasteiger partial charge in [0.2, 0.25) is 11.8 Å². The molecule has 0 saturated heterocycles. The van der Waals surface area contributed by atoms with Gasteiger partial charge in [0.05, 0.1) is 6.04 Å². The van der Waals surface area contributed by atoms with Gasteiger partial charge in [-0.2, -0.15) is 11.8 Å². The maximum absolute atomic E-state index is 12.4. The molecule has 10 heteroatoms. The number of carboxylic acids is 1. The summed E-state index contributed by atoms with van der Waals surface area (Å²) in [6.45, 7) is 1.40. The predicted octanol–water partition coefficient (Wildman–Crippen LogP) is -1.81. The molecule has 0 rings (SSSR count). The minimum absolute atomic E-state index is 0.0164. The second kappa shape index (κ2) is 9.48. The summed E-state index contributed by atoms with van der Waals surface area (Å²) in [4.78, 5) is 46.5. The number of Topliss-reactive ketones (excluding diaryl/α,β-unsaturated/α-hetero) is 1. The van der Waals surface area contributed by atoms with Crippen molar-refractivity contribution in [3.63, 3.8) is 0 Å². The molecule has 8 N–H and O–H groups in total. The van der Waals surface area contributed by atoms with E-state index in [0.29, 0.717) is 5.75 Å². The van der Waals surface area contributed by atoms with Crippen LogP contribution >= 0.6 is 11.8 Å². The molecule has 23 heavy (non-hydrogen) atoms. The molecule has 2 amide bonds. The number of aliphatic carboxylic acids is 1. The van der Waals surface area contributed by atoms with Crippen LogP contribution < -0.4 is 22.5 Å². The van der Waals surface area contributed by atoms with E-state index in [1.54, 1.807) is 6.26 Å². The normalized spacial score (nSPS) is 16.0. The van der Waals surface area contributed by atoms with E-state index >= 15 is 0 Å². The van der Waals surface area contributed by atoms with Gasteiger partial charge in [0.1, 0.15) is 6.04 Å². The molecular formula is C13H24N4O5S. The summed E-state index contributed by atoms with van der Waals surface area (Å²) in [5.41, 5.74) is 14.5. The van der Waals surface area contributed by atoms with Crippen molar-refractivity contribution < 1.29 is 24.3 Å². The number of ketones is 1. The quantitative estimate of drug-likeness (QED) is 0.271. The van der Waals surface area contributed by atoms with Gasteiger partial charge in [0.25, 0.3) is 0 Å². The first-order valence-corrected chi connectivity index (χ1v) is 8.35. The van der Waals surface area contributed by atoms with Gasteiger partial charge in [-0.15, -0.1) is 0 Å². The largest absolute Gasteiger partial charge is 0.480 e. The number of carboxylic acid groups (broad SMARTS) is 1. The maximum atomic E-state index is 12.4. The first-order chi connectivity index (χ1) is 10.6. The van der Waals surface area contributed by atoms with Gasteiger partial charge in [-0.05, 0) is 31.8 Å². The van der Waals surface area contributed by atoms with Crippen LogP contribution in [0.3, 0.4) is 0 Å². The van der Waals surface area contributed by atoms with Gasteiger partial charge < -0.3 is 27.6 Å². The van der Waals surface area contributed by atoms with Gasteiger partial charge >= 0.3 is 5.97 Å². The second-order valence-electron chi connectivity index (χ2n) is 5.24. The molecule has 3 unspecified atom stereocenters. The number of hydrogen-bond donors (Lipinski definition) is 5. The van der Waals surface area contributed by atoms with E-state index in [1.165, 1.54) is 18.7 Å². The first kappa shape index (κ1) is 21.4. The van der Waals surface area contributed by atoms with E-state index in [0.717, 1.165) is 0 Å². The third-order valence-corrected chi connectivity index (χ3v) is 3.85. The summed E-state index contributed by atoms with van der Waals surface area (Å²) in [7, 11) is 0. The molecule has 0 aliphatic carbocycles. The Morgan fingerprint density at radius 2 is 1.87 bits per heavy atom. The zero-order valence-corrected chi connectivity index (χ0v) is 14.0. The Balaban J connectivity index is 5.22. The van der Waals surface area contributed by atoms with Crippen molar-refractivity contribution in [3.8, 4) is 0 Å². The molecule has 132 valence electrons. The average molecular weight is 348 g/mol. The van der Waals surface area contributed by atoms with Crippen LogP contribution in [0.4, 0.5) is 0 Å². The fourth-order valence-electron chi connectivity index (χ4n) is 1.85. The zero-order valence-electron chi connectivity index (χ0n) is 13.2. The minimum Gasteiger partial charge on any atom is -0.480 e. The van der Waals surface area contributed by atoms with Crippen molar-refractivity contribution >= 4 is 35.3 Å². The Kier molecular flexibility index (Phi) is 8.80. The SMILES string of the molecule is CSCCC(N)(C(=O)NC(CCC(N)=O)C(=O)O)C(=O)C(C)N. The Labute approximate surface area is 138 Å². The summed E-state index contributed by atoms with van der Waals surface area (Å²) in [5.74, 6) is -3.23. The minimum atomic E-state index is -1.92. The van der Waals surface area contributed by atoms with E-state index < -0.39 is 41.2 Å². The molecule has 0 fully saturated rings. The summed E-state index contributed by atoms with van der Waals surface area (Å²) in [6.07, 6.45) is 1.38. The summed E-state index contributed by atoms with van der Waals surface area (Å²) >= 11 is 1.38. The van der Waals surface area contributed by atoms with Crippen LogP contribution in [-0.2, 0) is 19.2 Å². The van der Waals surface area contributed by atoms with Crippen LogP contribution in [0, 0.1) is 0 Å². The molecule has 0 saturated carbocycles. The molecule has 0 aromatic heterocycles. The van der Waals surface area contributed by atoms with Crippen LogP contribution in [0.25, 0.3) is 0 Å². The van der Waals surface area contributed by atoms with Crippen molar-refractivity contribution in [2.45, 2.75) is 43.8 Å². The molecule has 0 heterocycles. The lowest BCUT2D eigenvalue weighted by Crippen LogP contribution is -2.65. The zero-order chi connectivity index (χ0) is 18.2. The van der Waals surface area contributed by atoms with Crippen molar-refractivity contribution in [3.05, 3.63) is 0 Å². The fourth-order valence-corrected chi connectivity index (χ4v) is 2.38. The van der Waals surface area contributed by atoms with Crippen molar-refractivity contribution in [2.75, 3.05) is 12.0 Å². The number of nitrogens with two attached hydrogens (primary N) is 3. The number of amides is 2. The van der Waals surface area contributed by atoms with Crippen LogP contribution in [0.2, 0.25) is 0 Å². The Morgan fingerprint density at radius 1 is 1.30 bits per heavy atom. The standard InChI is InChI=1S/C13H24N4O5S/c1-7(14)10(19)13(16,5-6-23-2)12(22)17-8(11(20)21)3-4-9(15)18/h7-8H,3-6,14,16H2,1-2H3,(H2,15,18)(H,17,22)(H,20,21). The van der Waals surface area contributed by atoms with Gasteiger partial charge in [0, 0.05) is 6.42 Å². The molecular weight excluding hydrogens is 324 g/mol. The lowest BCUT2D eigenvalue weighted by Gasteiger charge is -2.29. The number of carbonyl (C=O) groups excluding carboxylic acids is 3. The van der Waals surface area contributed by atoms with Crippen molar-refractivity contribution in [2.24, 2.45) is 17.2 Å². The molecule has 0 spiro atoms. The second-order valence-corrected chi connectivity index (χ2v) is 6.22. The topological polar surface area (TPSA) is 179 Å². The van der Waals surface area contributed by atoms with E-state index in [2.05, 4.69) is 5.32 Å². The highest BCUT2D eigenvalue weighted by Gasteiger charge is 2.43. The van der Waals surface area contributed by atoms with Crippen LogP contribution in [0.5, 0.6) is 0 Å². The fraction of sp³-hybridized carbons (Fsp3) is 0.692. The third kappa shape index (κ3) is 6.55. The van der Waals surface area contributed by atoms with E-state index in [4.69, 9.17) is 22.3 Å². The summed E-state index contributed by atoms with van der Waals surface area (Å²) in [6, 6.07) is -2.34. The molecule has 0 aliphatic heterocycles. The Bertz CT molecular complexity index is 471. The van der Waals surface area contributed by atoms with Gasteiger partial charge in [-0.25, -0.2) is 4.79 Å². The maximum Gasteiger partial charge on any atom is 0.326 e. The number of thioether (sulfide) groups is 1. The molecule has 0 bridgehead atoms. The van der Waals surface area contributed by atoms with Crippen molar-refractivity contribution in [1.82, 2.24) is 5.32 Å². The van der Waals surface area contributed by atoms with Gasteiger partial charge in [0.15, 0.2) is 11.3 Å². The van der Waals surface area contributed by atoms with Gasteiger partial charge in [-0.3, -0.25) is 14.4 Å². The Morgan fingerprint density at radius 3 is 2.26 bits per heavy atom. The van der Waals surface area contributed by atoms with E-state index in [9.17, 15) is 19.2 Å². The van der Waals surface area contributed by atoms with Gasteiger partial charge in [-0.1, -0.05) is 0 Å². The van der Waals surface area contributed by atoms with Crippen LogP contribution in [0.15, 0.2) is 0 Å². The third-order valence-electron chi connectivity index (χ3n) is 3.24. The predicted molar refractivity (Wildman–Crippen MR) is 86.6 cm³/mol. The summed E-state index contributed by atoms with van der Waals surface area (Å²) < 4.78 is 0. The molecule has 0 aromatic carbocycles. The Hall–Kier alpha value is -1.65. The lowest BCUT2D eigenvalue weighted by atomic mass is 9.87. The number of carbonyl (C=O) groups is 4. The highest BCUT2D eigenvalue weighted by molar-refractivity contribution is 7.98. The molecule has 0 radical (unpaired) electrons. The highest BCUT2D eigenvalue weighted by Crippen LogP contribution is 2.15. The highest BCUT2D eigenvalue weighted by atomic mass is 32.2. The van der Waals surface area contributed by atoms with E-state index in [1.807, 2.05) is 0 Å². The van der Waals surface area contributed by atoms with Crippen LogP contribution in [-0.4, -0.2) is 58.3 Å². The number of nitrogens with one attached hydrogen (secondary N) is 1. The number of rotatable bonds is 11. The average Bonchev–Trinajstić information content (AvgIpc) is 2.47. The molecule has 0 aliphatic rings.